The average molecular weight is 283 g/mol. The highest BCUT2D eigenvalue weighted by atomic mass is 19.1. The van der Waals surface area contributed by atoms with Crippen molar-refractivity contribution in [3.05, 3.63) is 71.0 Å². The number of halogens is 1. The van der Waals surface area contributed by atoms with Gasteiger partial charge in [0.25, 0.3) is 0 Å². The summed E-state index contributed by atoms with van der Waals surface area (Å²) in [4.78, 5) is 0. The molecule has 1 N–H and O–H groups in total. The van der Waals surface area contributed by atoms with Crippen LogP contribution >= 0.6 is 0 Å². The molecule has 1 fully saturated rings. The van der Waals surface area contributed by atoms with Crippen LogP contribution in [0, 0.1) is 12.7 Å². The highest BCUT2D eigenvalue weighted by Gasteiger charge is 2.31. The Morgan fingerprint density at radius 1 is 1.10 bits per heavy atom. The second-order valence-electron chi connectivity index (χ2n) is 6.19. The number of benzene rings is 2. The van der Waals surface area contributed by atoms with Crippen molar-refractivity contribution in [3.8, 4) is 0 Å². The molecule has 2 aromatic carbocycles. The molecule has 1 nitrogen and oxygen atoms in total. The predicted molar refractivity (Wildman–Crippen MR) is 84.9 cm³/mol. The van der Waals surface area contributed by atoms with Crippen molar-refractivity contribution in [2.24, 2.45) is 0 Å². The van der Waals surface area contributed by atoms with Gasteiger partial charge in [0.1, 0.15) is 5.82 Å². The molecule has 1 aliphatic carbocycles. The lowest BCUT2D eigenvalue weighted by Gasteiger charge is -2.38. The van der Waals surface area contributed by atoms with Gasteiger partial charge in [-0.15, -0.1) is 0 Å². The van der Waals surface area contributed by atoms with E-state index in [9.17, 15) is 4.39 Å². The van der Waals surface area contributed by atoms with Crippen LogP contribution < -0.4 is 5.32 Å². The Hall–Kier alpha value is -1.67. The molecule has 0 amide bonds. The first-order valence-electron chi connectivity index (χ1n) is 7.70. The summed E-state index contributed by atoms with van der Waals surface area (Å²) in [6.45, 7) is 4.18. The number of aryl methyl sites for hydroxylation is 1. The fourth-order valence-electron chi connectivity index (χ4n) is 3.22. The molecule has 0 unspecified atom stereocenters. The highest BCUT2D eigenvalue weighted by molar-refractivity contribution is 5.28. The van der Waals surface area contributed by atoms with Crippen LogP contribution in [0.15, 0.2) is 48.5 Å². The van der Waals surface area contributed by atoms with Crippen molar-refractivity contribution in [1.82, 2.24) is 5.32 Å². The summed E-state index contributed by atoms with van der Waals surface area (Å²) in [5.74, 6) is 0.530. The molecule has 21 heavy (non-hydrogen) atoms. The van der Waals surface area contributed by atoms with E-state index in [4.69, 9.17) is 0 Å². The number of hydrogen-bond acceptors (Lipinski definition) is 1. The van der Waals surface area contributed by atoms with Crippen LogP contribution in [-0.4, -0.2) is 6.04 Å². The molecule has 0 aromatic heterocycles. The van der Waals surface area contributed by atoms with Crippen molar-refractivity contribution in [2.45, 2.75) is 44.7 Å². The first kappa shape index (κ1) is 14.3. The number of nitrogens with one attached hydrogen (secondary N) is 1. The Morgan fingerprint density at radius 2 is 1.86 bits per heavy atom. The largest absolute Gasteiger partial charge is 0.307 e. The maximum atomic E-state index is 13.8. The van der Waals surface area contributed by atoms with E-state index in [1.807, 2.05) is 19.1 Å². The van der Waals surface area contributed by atoms with E-state index >= 15 is 0 Å². The smallest absolute Gasteiger partial charge is 0.127 e. The van der Waals surface area contributed by atoms with Crippen molar-refractivity contribution in [1.29, 1.82) is 0 Å². The van der Waals surface area contributed by atoms with Gasteiger partial charge in [0, 0.05) is 17.6 Å². The van der Waals surface area contributed by atoms with Gasteiger partial charge in [-0.1, -0.05) is 48.0 Å². The average Bonchev–Trinajstić information content (AvgIpc) is 2.42. The molecule has 1 saturated carbocycles. The minimum Gasteiger partial charge on any atom is -0.307 e. The predicted octanol–water partition coefficient (Wildman–Crippen LogP) is 4.73. The van der Waals surface area contributed by atoms with E-state index in [1.54, 1.807) is 6.07 Å². The standard InChI is InChI=1S/C19H22FN/c1-13-6-5-7-15(10-13)16-11-17(12-16)21-14(2)18-8-3-4-9-19(18)20/h3-10,14,16-17,21H,11-12H2,1-2H3/t14-,16?,17?/m1/s1. The molecule has 110 valence electrons. The fourth-order valence-corrected chi connectivity index (χ4v) is 3.22. The molecular formula is C19H22FN. The fraction of sp³-hybridized carbons (Fsp3) is 0.368. The van der Waals surface area contributed by atoms with E-state index in [1.165, 1.54) is 17.2 Å². The van der Waals surface area contributed by atoms with Gasteiger partial charge in [0.2, 0.25) is 0 Å². The maximum Gasteiger partial charge on any atom is 0.127 e. The normalized spacial score (nSPS) is 22.6. The van der Waals surface area contributed by atoms with Gasteiger partial charge in [-0.05, 0) is 44.2 Å². The molecule has 0 spiro atoms. The van der Waals surface area contributed by atoms with Crippen LogP contribution in [0.25, 0.3) is 0 Å². The highest BCUT2D eigenvalue weighted by Crippen LogP contribution is 2.38. The molecule has 3 rings (SSSR count). The van der Waals surface area contributed by atoms with Gasteiger partial charge >= 0.3 is 0 Å². The maximum absolute atomic E-state index is 13.8. The summed E-state index contributed by atoms with van der Waals surface area (Å²) in [5, 5.41) is 3.55. The Balaban J connectivity index is 1.56. The van der Waals surface area contributed by atoms with Crippen LogP contribution in [0.5, 0.6) is 0 Å². The summed E-state index contributed by atoms with van der Waals surface area (Å²) >= 11 is 0. The lowest BCUT2D eigenvalue weighted by atomic mass is 9.75. The van der Waals surface area contributed by atoms with E-state index in [0.29, 0.717) is 12.0 Å². The molecule has 2 aromatic rings. The zero-order chi connectivity index (χ0) is 14.8. The third-order valence-corrected chi connectivity index (χ3v) is 4.51. The molecule has 0 bridgehead atoms. The molecule has 1 atom stereocenters. The second kappa shape index (κ2) is 5.98. The summed E-state index contributed by atoms with van der Waals surface area (Å²) in [5.41, 5.74) is 3.52. The van der Waals surface area contributed by atoms with Crippen molar-refractivity contribution in [2.75, 3.05) is 0 Å². The van der Waals surface area contributed by atoms with Gasteiger partial charge in [-0.2, -0.15) is 0 Å². The lowest BCUT2D eigenvalue weighted by Crippen LogP contribution is -2.41. The minimum atomic E-state index is -0.118. The van der Waals surface area contributed by atoms with E-state index in [2.05, 4.69) is 36.5 Å². The van der Waals surface area contributed by atoms with E-state index in [0.717, 1.165) is 18.4 Å². The van der Waals surface area contributed by atoms with E-state index < -0.39 is 0 Å². The van der Waals surface area contributed by atoms with Crippen LogP contribution in [0.2, 0.25) is 0 Å². The Bertz CT molecular complexity index is 616. The van der Waals surface area contributed by atoms with Gasteiger partial charge < -0.3 is 5.32 Å². The zero-order valence-corrected chi connectivity index (χ0v) is 12.6. The summed E-state index contributed by atoms with van der Waals surface area (Å²) in [6, 6.07) is 16.4. The van der Waals surface area contributed by atoms with Crippen molar-refractivity contribution >= 4 is 0 Å². The number of rotatable bonds is 4. The molecule has 2 heteroatoms. The zero-order valence-electron chi connectivity index (χ0n) is 12.6. The summed E-state index contributed by atoms with van der Waals surface area (Å²) < 4.78 is 13.8. The van der Waals surface area contributed by atoms with Crippen LogP contribution in [0.1, 0.15) is 48.4 Å². The SMILES string of the molecule is Cc1cccc(C2CC(N[C@H](C)c3ccccc3F)C2)c1. The Labute approximate surface area is 126 Å². The molecule has 1 aliphatic rings. The molecular weight excluding hydrogens is 261 g/mol. The lowest BCUT2D eigenvalue weighted by molar-refractivity contribution is 0.269. The molecule has 0 radical (unpaired) electrons. The Kier molecular flexibility index (Phi) is 4.07. The van der Waals surface area contributed by atoms with Gasteiger partial charge in [-0.3, -0.25) is 0 Å². The monoisotopic (exact) mass is 283 g/mol. The van der Waals surface area contributed by atoms with Crippen LogP contribution in [0.4, 0.5) is 4.39 Å². The molecule has 0 heterocycles. The summed E-state index contributed by atoms with van der Waals surface area (Å²) in [7, 11) is 0. The third kappa shape index (κ3) is 3.16. The molecule has 0 aliphatic heterocycles. The second-order valence-corrected chi connectivity index (χ2v) is 6.19. The van der Waals surface area contributed by atoms with Crippen molar-refractivity contribution in [3.63, 3.8) is 0 Å². The van der Waals surface area contributed by atoms with Gasteiger partial charge in [0.15, 0.2) is 0 Å². The topological polar surface area (TPSA) is 12.0 Å². The Morgan fingerprint density at radius 3 is 2.57 bits per heavy atom. The molecule has 0 saturated heterocycles. The van der Waals surface area contributed by atoms with Crippen LogP contribution in [-0.2, 0) is 0 Å². The van der Waals surface area contributed by atoms with Gasteiger partial charge in [0.05, 0.1) is 0 Å². The third-order valence-electron chi connectivity index (χ3n) is 4.51. The summed E-state index contributed by atoms with van der Waals surface area (Å²) in [6.07, 6.45) is 2.28. The van der Waals surface area contributed by atoms with E-state index in [-0.39, 0.29) is 11.9 Å². The van der Waals surface area contributed by atoms with Gasteiger partial charge in [-0.25, -0.2) is 4.39 Å². The first-order valence-corrected chi connectivity index (χ1v) is 7.70. The quantitative estimate of drug-likeness (QED) is 0.855. The minimum absolute atomic E-state index is 0.0645. The van der Waals surface area contributed by atoms with Crippen LogP contribution in [0.3, 0.4) is 0 Å². The van der Waals surface area contributed by atoms with Crippen molar-refractivity contribution < 1.29 is 4.39 Å². The first-order chi connectivity index (χ1) is 10.1. The number of hydrogen-bond donors (Lipinski definition) is 1.